The van der Waals surface area contributed by atoms with Crippen LogP contribution in [0.5, 0.6) is 0 Å². The fraction of sp³-hybridized carbons (Fsp3) is 0.600. The van der Waals surface area contributed by atoms with E-state index in [1.54, 1.807) is 12.1 Å². The molecule has 1 N–H and O–H groups in total. The summed E-state index contributed by atoms with van der Waals surface area (Å²) in [4.78, 5) is 0. The molecule has 0 aromatic heterocycles. The highest BCUT2D eigenvalue weighted by molar-refractivity contribution is 5.22. The number of hydrogen-bond acceptors (Lipinski definition) is 1. The van der Waals surface area contributed by atoms with Crippen LogP contribution in [0.3, 0.4) is 0 Å². The van der Waals surface area contributed by atoms with Gasteiger partial charge in [0.2, 0.25) is 0 Å². The third kappa shape index (κ3) is 4.86. The number of benzene rings is 1. The minimum atomic E-state index is -0.0664. The molecule has 0 aliphatic rings. The van der Waals surface area contributed by atoms with Gasteiger partial charge in [0, 0.05) is 6.54 Å². The molecule has 0 aliphatic carbocycles. The lowest BCUT2D eigenvalue weighted by Gasteiger charge is -2.17. The van der Waals surface area contributed by atoms with Gasteiger partial charge < -0.3 is 5.32 Å². The van der Waals surface area contributed by atoms with Gasteiger partial charge in [-0.05, 0) is 31.0 Å². The second kappa shape index (κ2) is 8.24. The van der Waals surface area contributed by atoms with E-state index in [0.717, 1.165) is 18.5 Å². The Balaban J connectivity index is 2.56. The monoisotopic (exact) mass is 237 g/mol. The van der Waals surface area contributed by atoms with E-state index in [0.29, 0.717) is 5.92 Å². The molecule has 0 saturated carbocycles. The summed E-state index contributed by atoms with van der Waals surface area (Å²) in [7, 11) is 1.93. The van der Waals surface area contributed by atoms with Gasteiger partial charge in [0.1, 0.15) is 5.82 Å². The minimum absolute atomic E-state index is 0.0664. The molecule has 17 heavy (non-hydrogen) atoms. The molecule has 96 valence electrons. The van der Waals surface area contributed by atoms with E-state index in [2.05, 4.69) is 12.2 Å². The average Bonchev–Trinajstić information content (AvgIpc) is 2.34. The van der Waals surface area contributed by atoms with Crippen LogP contribution in [-0.4, -0.2) is 13.6 Å². The van der Waals surface area contributed by atoms with E-state index >= 15 is 0 Å². The second-order valence-corrected chi connectivity index (χ2v) is 4.63. The Bertz CT molecular complexity index is 312. The third-order valence-corrected chi connectivity index (χ3v) is 3.20. The summed E-state index contributed by atoms with van der Waals surface area (Å²) in [5, 5.41) is 3.17. The maximum Gasteiger partial charge on any atom is 0.126 e. The zero-order valence-electron chi connectivity index (χ0n) is 11.0. The van der Waals surface area contributed by atoms with Gasteiger partial charge in [-0.1, -0.05) is 50.8 Å². The van der Waals surface area contributed by atoms with Gasteiger partial charge in [-0.25, -0.2) is 4.39 Å². The molecule has 0 saturated heterocycles. The van der Waals surface area contributed by atoms with Crippen molar-refractivity contribution in [3.05, 3.63) is 35.6 Å². The second-order valence-electron chi connectivity index (χ2n) is 4.63. The third-order valence-electron chi connectivity index (χ3n) is 3.20. The van der Waals surface area contributed by atoms with Gasteiger partial charge in [0.05, 0.1) is 0 Å². The van der Waals surface area contributed by atoms with Crippen molar-refractivity contribution < 1.29 is 4.39 Å². The molecule has 0 heterocycles. The predicted molar refractivity (Wildman–Crippen MR) is 71.8 cm³/mol. The molecule has 0 radical (unpaired) electrons. The maximum absolute atomic E-state index is 13.7. The number of likely N-dealkylation sites (N-methyl/N-ethyl adjacent to an activating group) is 1. The number of hydrogen-bond donors (Lipinski definition) is 1. The van der Waals surface area contributed by atoms with Crippen LogP contribution in [0.1, 0.15) is 50.5 Å². The van der Waals surface area contributed by atoms with Crippen LogP contribution in [0.4, 0.5) is 4.39 Å². The molecule has 1 aromatic rings. The van der Waals surface area contributed by atoms with Crippen molar-refractivity contribution in [2.45, 2.75) is 44.9 Å². The van der Waals surface area contributed by atoms with Crippen LogP contribution in [0.2, 0.25) is 0 Å². The van der Waals surface area contributed by atoms with Crippen molar-refractivity contribution in [2.75, 3.05) is 13.6 Å². The molecule has 1 rings (SSSR count). The first-order chi connectivity index (χ1) is 8.29. The van der Waals surface area contributed by atoms with E-state index in [-0.39, 0.29) is 5.82 Å². The van der Waals surface area contributed by atoms with Gasteiger partial charge in [-0.2, -0.15) is 0 Å². The molecule has 1 aromatic carbocycles. The highest BCUT2D eigenvalue weighted by atomic mass is 19.1. The molecule has 0 spiro atoms. The fourth-order valence-electron chi connectivity index (χ4n) is 2.24. The summed E-state index contributed by atoms with van der Waals surface area (Å²) in [5.74, 6) is 0.237. The Morgan fingerprint density at radius 2 is 1.94 bits per heavy atom. The standard InChI is InChI=1S/C15H24FN/c1-3-4-5-6-9-13(12-17-2)14-10-7-8-11-15(14)16/h7-8,10-11,13,17H,3-6,9,12H2,1-2H3. The van der Waals surface area contributed by atoms with Crippen molar-refractivity contribution in [3.8, 4) is 0 Å². The fourth-order valence-corrected chi connectivity index (χ4v) is 2.24. The first-order valence-electron chi connectivity index (χ1n) is 6.68. The van der Waals surface area contributed by atoms with Crippen LogP contribution < -0.4 is 5.32 Å². The van der Waals surface area contributed by atoms with Gasteiger partial charge in [-0.15, -0.1) is 0 Å². The van der Waals surface area contributed by atoms with E-state index in [1.807, 2.05) is 19.2 Å². The molecule has 1 nitrogen and oxygen atoms in total. The summed E-state index contributed by atoms with van der Waals surface area (Å²) in [5.41, 5.74) is 0.860. The normalized spacial score (nSPS) is 12.6. The Hall–Kier alpha value is -0.890. The Kier molecular flexibility index (Phi) is 6.87. The van der Waals surface area contributed by atoms with Gasteiger partial charge in [-0.3, -0.25) is 0 Å². The van der Waals surface area contributed by atoms with Crippen molar-refractivity contribution in [1.82, 2.24) is 5.32 Å². The van der Waals surface area contributed by atoms with Gasteiger partial charge in [0.25, 0.3) is 0 Å². The summed E-state index contributed by atoms with van der Waals surface area (Å²) in [6, 6.07) is 7.15. The zero-order valence-corrected chi connectivity index (χ0v) is 11.0. The Labute approximate surface area is 104 Å². The smallest absolute Gasteiger partial charge is 0.126 e. The van der Waals surface area contributed by atoms with Gasteiger partial charge in [0.15, 0.2) is 0 Å². The highest BCUT2D eigenvalue weighted by Gasteiger charge is 2.13. The first kappa shape index (κ1) is 14.2. The Morgan fingerprint density at radius 1 is 1.18 bits per heavy atom. The minimum Gasteiger partial charge on any atom is -0.319 e. The van der Waals surface area contributed by atoms with E-state index in [9.17, 15) is 4.39 Å². The number of rotatable bonds is 8. The van der Waals surface area contributed by atoms with Crippen LogP contribution >= 0.6 is 0 Å². The lowest BCUT2D eigenvalue weighted by Crippen LogP contribution is -2.18. The average molecular weight is 237 g/mol. The van der Waals surface area contributed by atoms with Crippen LogP contribution in [-0.2, 0) is 0 Å². The highest BCUT2D eigenvalue weighted by Crippen LogP contribution is 2.24. The van der Waals surface area contributed by atoms with Crippen LogP contribution in [0.15, 0.2) is 24.3 Å². The van der Waals surface area contributed by atoms with Crippen LogP contribution in [0, 0.1) is 5.82 Å². The van der Waals surface area contributed by atoms with E-state index < -0.39 is 0 Å². The molecule has 1 atom stereocenters. The predicted octanol–water partition coefficient (Wildman–Crippen LogP) is 4.10. The van der Waals surface area contributed by atoms with Crippen molar-refractivity contribution in [3.63, 3.8) is 0 Å². The molecule has 0 bridgehead atoms. The summed E-state index contributed by atoms with van der Waals surface area (Å²) in [6.45, 7) is 3.06. The van der Waals surface area contributed by atoms with Crippen LogP contribution in [0.25, 0.3) is 0 Å². The molecule has 2 heteroatoms. The SMILES string of the molecule is CCCCCCC(CNC)c1ccccc1F. The number of nitrogens with one attached hydrogen (secondary N) is 1. The zero-order chi connectivity index (χ0) is 12.5. The molecular formula is C15H24FN. The molecular weight excluding hydrogens is 213 g/mol. The number of unbranched alkanes of at least 4 members (excludes halogenated alkanes) is 3. The van der Waals surface area contributed by atoms with Crippen molar-refractivity contribution in [2.24, 2.45) is 0 Å². The lowest BCUT2D eigenvalue weighted by molar-refractivity contribution is 0.506. The molecule has 0 aliphatic heterocycles. The maximum atomic E-state index is 13.7. The lowest BCUT2D eigenvalue weighted by atomic mass is 9.92. The molecule has 0 fully saturated rings. The Morgan fingerprint density at radius 3 is 2.59 bits per heavy atom. The van der Waals surface area contributed by atoms with Gasteiger partial charge >= 0.3 is 0 Å². The quantitative estimate of drug-likeness (QED) is 0.671. The summed E-state index contributed by atoms with van der Waals surface area (Å²) >= 11 is 0. The number of halogens is 1. The summed E-state index contributed by atoms with van der Waals surface area (Å²) < 4.78 is 13.7. The first-order valence-corrected chi connectivity index (χ1v) is 6.68. The topological polar surface area (TPSA) is 12.0 Å². The largest absolute Gasteiger partial charge is 0.319 e. The summed E-state index contributed by atoms with van der Waals surface area (Å²) in [6.07, 6.45) is 6.04. The van der Waals surface area contributed by atoms with Crippen molar-refractivity contribution in [1.29, 1.82) is 0 Å². The molecule has 0 amide bonds. The van der Waals surface area contributed by atoms with Crippen molar-refractivity contribution >= 4 is 0 Å². The van der Waals surface area contributed by atoms with E-state index in [4.69, 9.17) is 0 Å². The van der Waals surface area contributed by atoms with E-state index in [1.165, 1.54) is 25.7 Å². The molecule has 1 unspecified atom stereocenters.